The van der Waals surface area contributed by atoms with Crippen LogP contribution in [0.15, 0.2) is 48.7 Å². The van der Waals surface area contributed by atoms with Crippen molar-refractivity contribution in [2.45, 2.75) is 0 Å². The van der Waals surface area contributed by atoms with E-state index in [1.165, 1.54) is 18.2 Å². The molecule has 1 aromatic heterocycles. The molecule has 0 spiro atoms. The summed E-state index contributed by atoms with van der Waals surface area (Å²) < 4.78 is 4.94. The maximum atomic E-state index is 12.2. The minimum absolute atomic E-state index is 0.169. The summed E-state index contributed by atoms with van der Waals surface area (Å²) in [5.41, 5.74) is 1.44. The van der Waals surface area contributed by atoms with Gasteiger partial charge in [0, 0.05) is 27.7 Å². The lowest BCUT2D eigenvalue weighted by molar-refractivity contribution is -0.141. The summed E-state index contributed by atoms with van der Waals surface area (Å²) in [7, 11) is 0. The number of H-pyrrole nitrogens is 1. The largest absolute Gasteiger partial charge is 0.456 e. The Morgan fingerprint density at radius 1 is 1.04 bits per heavy atom. The first-order chi connectivity index (χ1) is 13.0. The normalized spacial score (nSPS) is 10.6. The van der Waals surface area contributed by atoms with E-state index in [0.717, 1.165) is 10.9 Å². The van der Waals surface area contributed by atoms with E-state index in [4.69, 9.17) is 27.9 Å². The van der Waals surface area contributed by atoms with E-state index in [1.807, 2.05) is 18.2 Å². The number of aromatic amines is 1. The maximum Gasteiger partial charge on any atom is 0.325 e. The molecule has 0 aliphatic carbocycles. The van der Waals surface area contributed by atoms with Gasteiger partial charge in [0.25, 0.3) is 5.91 Å². The highest BCUT2D eigenvalue weighted by atomic mass is 35.5. The number of amides is 1. The monoisotopic (exact) mass is 404 g/mol. The first-order valence-corrected chi connectivity index (χ1v) is 8.69. The smallest absolute Gasteiger partial charge is 0.325 e. The van der Waals surface area contributed by atoms with Crippen molar-refractivity contribution in [3.05, 3.63) is 69.8 Å². The zero-order valence-corrected chi connectivity index (χ0v) is 15.4. The molecular formula is C19H14Cl2N2O4. The molecule has 0 fully saturated rings. The summed E-state index contributed by atoms with van der Waals surface area (Å²) in [6.07, 6.45) is 1.57. The predicted octanol–water partition coefficient (Wildman–Crippen LogP) is 3.63. The van der Waals surface area contributed by atoms with E-state index in [9.17, 15) is 14.4 Å². The van der Waals surface area contributed by atoms with Gasteiger partial charge in [0.2, 0.25) is 5.78 Å². The fraction of sp³-hybridized carbons (Fsp3) is 0.105. The highest BCUT2D eigenvalue weighted by Gasteiger charge is 2.16. The van der Waals surface area contributed by atoms with E-state index in [1.54, 1.807) is 12.3 Å². The Bertz CT molecular complexity index is 1030. The van der Waals surface area contributed by atoms with E-state index in [0.29, 0.717) is 10.6 Å². The van der Waals surface area contributed by atoms with Crippen LogP contribution in [0, 0.1) is 0 Å². The third kappa shape index (κ3) is 4.48. The molecule has 3 rings (SSSR count). The van der Waals surface area contributed by atoms with Crippen molar-refractivity contribution in [1.29, 1.82) is 0 Å². The third-order valence-corrected chi connectivity index (χ3v) is 4.37. The molecule has 2 aromatic carbocycles. The van der Waals surface area contributed by atoms with Crippen LogP contribution in [0.3, 0.4) is 0 Å². The van der Waals surface area contributed by atoms with Crippen LogP contribution < -0.4 is 5.32 Å². The van der Waals surface area contributed by atoms with E-state index in [-0.39, 0.29) is 22.9 Å². The van der Waals surface area contributed by atoms with Crippen LogP contribution in [0.25, 0.3) is 10.9 Å². The number of nitrogens with one attached hydrogen (secondary N) is 2. The second-order valence-electron chi connectivity index (χ2n) is 5.64. The number of rotatable bonds is 6. The molecule has 1 amide bonds. The maximum absolute atomic E-state index is 12.2. The number of para-hydroxylation sites is 1. The number of hydrogen-bond acceptors (Lipinski definition) is 4. The van der Waals surface area contributed by atoms with Crippen LogP contribution in [0.2, 0.25) is 10.0 Å². The van der Waals surface area contributed by atoms with Crippen molar-refractivity contribution in [3.63, 3.8) is 0 Å². The highest BCUT2D eigenvalue weighted by Crippen LogP contribution is 2.21. The number of Topliss-reactive ketones (excluding diaryl/α,β-unsaturated/α-hetero) is 1. The average molecular weight is 405 g/mol. The molecular weight excluding hydrogens is 391 g/mol. The van der Waals surface area contributed by atoms with E-state index in [2.05, 4.69) is 10.3 Å². The molecule has 138 valence electrons. The minimum atomic E-state index is -0.735. The summed E-state index contributed by atoms with van der Waals surface area (Å²) in [6.45, 7) is -0.808. The summed E-state index contributed by atoms with van der Waals surface area (Å²) >= 11 is 11.7. The lowest BCUT2D eigenvalue weighted by atomic mass is 10.1. The van der Waals surface area contributed by atoms with Crippen LogP contribution in [-0.4, -0.2) is 35.8 Å². The quantitative estimate of drug-likeness (QED) is 0.484. The van der Waals surface area contributed by atoms with Gasteiger partial charge in [0.1, 0.15) is 6.54 Å². The number of carbonyl (C=O) groups excluding carboxylic acids is 3. The van der Waals surface area contributed by atoms with Gasteiger partial charge in [-0.25, -0.2) is 0 Å². The lowest BCUT2D eigenvalue weighted by Gasteiger charge is -2.07. The highest BCUT2D eigenvalue weighted by molar-refractivity contribution is 6.36. The van der Waals surface area contributed by atoms with Gasteiger partial charge in [-0.1, -0.05) is 41.4 Å². The zero-order chi connectivity index (χ0) is 19.4. The number of halogens is 2. The molecule has 0 saturated heterocycles. The molecule has 8 heteroatoms. The van der Waals surface area contributed by atoms with E-state index >= 15 is 0 Å². The Kier molecular flexibility index (Phi) is 5.78. The molecule has 6 nitrogen and oxygen atoms in total. The average Bonchev–Trinajstić information content (AvgIpc) is 3.08. The van der Waals surface area contributed by atoms with Crippen molar-refractivity contribution >= 4 is 51.8 Å². The second kappa shape index (κ2) is 8.24. The molecule has 0 saturated carbocycles. The van der Waals surface area contributed by atoms with Crippen LogP contribution >= 0.6 is 23.2 Å². The van der Waals surface area contributed by atoms with Crippen molar-refractivity contribution in [1.82, 2.24) is 10.3 Å². The fourth-order valence-electron chi connectivity index (χ4n) is 2.50. The van der Waals surface area contributed by atoms with Gasteiger partial charge in [-0.2, -0.15) is 0 Å². The standard InChI is InChI=1S/C19H14Cl2N2O4/c20-11-5-6-13(15(21)7-11)19(26)23-9-18(25)27-10-17(24)14-8-22-16-4-2-1-3-12(14)16/h1-8,22H,9-10H2,(H,23,26). The molecule has 27 heavy (non-hydrogen) atoms. The van der Waals surface area contributed by atoms with Crippen molar-refractivity contribution in [2.24, 2.45) is 0 Å². The van der Waals surface area contributed by atoms with Gasteiger partial charge >= 0.3 is 5.97 Å². The predicted molar refractivity (Wildman–Crippen MR) is 102 cm³/mol. The molecule has 3 aromatic rings. The van der Waals surface area contributed by atoms with Gasteiger partial charge < -0.3 is 15.0 Å². The zero-order valence-electron chi connectivity index (χ0n) is 13.9. The Balaban J connectivity index is 1.52. The topological polar surface area (TPSA) is 88.3 Å². The molecule has 1 heterocycles. The summed E-state index contributed by atoms with van der Waals surface area (Å²) in [6, 6.07) is 11.7. The van der Waals surface area contributed by atoms with Gasteiger partial charge in [-0.15, -0.1) is 0 Å². The number of fused-ring (bicyclic) bond motifs is 1. The van der Waals surface area contributed by atoms with Gasteiger partial charge in [-0.3, -0.25) is 14.4 Å². The van der Waals surface area contributed by atoms with Crippen LogP contribution in [0.5, 0.6) is 0 Å². The number of hydrogen-bond donors (Lipinski definition) is 2. The minimum Gasteiger partial charge on any atom is -0.456 e. The summed E-state index contributed by atoms with van der Waals surface area (Å²) in [4.78, 5) is 39.1. The van der Waals surface area contributed by atoms with Crippen LogP contribution in [0.1, 0.15) is 20.7 Å². The molecule has 0 aliphatic rings. The van der Waals surface area contributed by atoms with Crippen LogP contribution in [0.4, 0.5) is 0 Å². The molecule has 0 unspecified atom stereocenters. The Morgan fingerprint density at radius 2 is 1.81 bits per heavy atom. The van der Waals surface area contributed by atoms with Crippen LogP contribution in [-0.2, 0) is 9.53 Å². The molecule has 0 atom stereocenters. The fourth-order valence-corrected chi connectivity index (χ4v) is 2.99. The summed E-state index contributed by atoms with van der Waals surface area (Å²) in [5, 5.41) is 3.71. The first kappa shape index (κ1) is 18.9. The number of esters is 1. The van der Waals surface area contributed by atoms with Crippen molar-refractivity contribution in [2.75, 3.05) is 13.2 Å². The second-order valence-corrected chi connectivity index (χ2v) is 6.48. The van der Waals surface area contributed by atoms with Crippen molar-refractivity contribution < 1.29 is 19.1 Å². The summed E-state index contributed by atoms with van der Waals surface area (Å²) in [5.74, 6) is -1.62. The molecule has 0 bridgehead atoms. The van der Waals surface area contributed by atoms with Crippen molar-refractivity contribution in [3.8, 4) is 0 Å². The Morgan fingerprint density at radius 3 is 2.59 bits per heavy atom. The van der Waals surface area contributed by atoms with E-state index < -0.39 is 18.5 Å². The Hall–Kier alpha value is -2.83. The van der Waals surface area contributed by atoms with Gasteiger partial charge in [0.15, 0.2) is 6.61 Å². The molecule has 2 N–H and O–H groups in total. The van der Waals surface area contributed by atoms with Gasteiger partial charge in [-0.05, 0) is 24.3 Å². The third-order valence-electron chi connectivity index (χ3n) is 3.82. The number of ketones is 1. The first-order valence-electron chi connectivity index (χ1n) is 7.94. The Labute approximate surface area is 164 Å². The lowest BCUT2D eigenvalue weighted by Crippen LogP contribution is -2.31. The van der Waals surface area contributed by atoms with Gasteiger partial charge in [0.05, 0.1) is 10.6 Å². The number of carbonyl (C=O) groups is 3. The molecule has 0 aliphatic heterocycles. The number of ether oxygens (including phenoxy) is 1. The number of aromatic nitrogens is 1. The number of benzene rings is 2. The SMILES string of the molecule is O=C(CNC(=O)c1ccc(Cl)cc1Cl)OCC(=O)c1c[nH]c2ccccc12. The molecule has 0 radical (unpaired) electrons.